The summed E-state index contributed by atoms with van der Waals surface area (Å²) in [5, 5.41) is 9.16. The maximum Gasteiger partial charge on any atom is 0.271 e. The Bertz CT molecular complexity index is 852. The van der Waals surface area contributed by atoms with Crippen molar-refractivity contribution in [3.8, 4) is 9.88 Å². The molecule has 1 aliphatic carbocycles. The average molecular weight is 367 g/mol. The van der Waals surface area contributed by atoms with Gasteiger partial charge in [-0.3, -0.25) is 4.79 Å². The van der Waals surface area contributed by atoms with Crippen molar-refractivity contribution >= 4 is 40.2 Å². The van der Waals surface area contributed by atoms with Gasteiger partial charge in [-0.1, -0.05) is 16.8 Å². The Kier molecular flexibility index (Phi) is 3.88. The van der Waals surface area contributed by atoms with Crippen LogP contribution in [0.4, 0.5) is 0 Å². The van der Waals surface area contributed by atoms with Crippen molar-refractivity contribution in [3.05, 3.63) is 39.3 Å². The van der Waals surface area contributed by atoms with Crippen molar-refractivity contribution in [2.75, 3.05) is 0 Å². The van der Waals surface area contributed by atoms with Crippen molar-refractivity contribution in [2.24, 2.45) is 0 Å². The molecular formula is C14H11ClN4O2S2. The SMILES string of the molecule is O=C(NCc1nc(C2CC2)no1)c1csc(-c2ccc(Cl)s2)n1. The highest BCUT2D eigenvalue weighted by Crippen LogP contribution is 2.38. The first-order valence-electron chi connectivity index (χ1n) is 7.01. The van der Waals surface area contributed by atoms with E-state index >= 15 is 0 Å². The van der Waals surface area contributed by atoms with E-state index in [-0.39, 0.29) is 12.5 Å². The van der Waals surface area contributed by atoms with Crippen LogP contribution < -0.4 is 5.32 Å². The van der Waals surface area contributed by atoms with Crippen LogP contribution in [0, 0.1) is 0 Å². The summed E-state index contributed by atoms with van der Waals surface area (Å²) in [6, 6.07) is 3.71. The second-order valence-electron chi connectivity index (χ2n) is 5.14. The zero-order chi connectivity index (χ0) is 15.8. The Morgan fingerprint density at radius 3 is 3.00 bits per heavy atom. The molecule has 0 radical (unpaired) electrons. The van der Waals surface area contributed by atoms with Gasteiger partial charge in [0.25, 0.3) is 5.91 Å². The number of hydrogen-bond donors (Lipinski definition) is 1. The molecule has 1 fully saturated rings. The lowest BCUT2D eigenvalue weighted by Gasteiger charge is -1.98. The van der Waals surface area contributed by atoms with Crippen LogP contribution in [0.5, 0.6) is 0 Å². The Morgan fingerprint density at radius 1 is 1.39 bits per heavy atom. The number of thiophene rings is 1. The van der Waals surface area contributed by atoms with E-state index in [1.54, 1.807) is 5.38 Å². The summed E-state index contributed by atoms with van der Waals surface area (Å²) in [4.78, 5) is 21.7. The summed E-state index contributed by atoms with van der Waals surface area (Å²) in [5.41, 5.74) is 0.372. The van der Waals surface area contributed by atoms with E-state index in [0.717, 1.165) is 28.6 Å². The lowest BCUT2D eigenvalue weighted by molar-refractivity contribution is 0.0942. The smallest absolute Gasteiger partial charge is 0.271 e. The number of amides is 1. The van der Waals surface area contributed by atoms with Gasteiger partial charge in [-0.2, -0.15) is 4.98 Å². The van der Waals surface area contributed by atoms with Crippen LogP contribution in [0.15, 0.2) is 22.0 Å². The fourth-order valence-corrected chi connectivity index (χ4v) is 3.93. The quantitative estimate of drug-likeness (QED) is 0.744. The van der Waals surface area contributed by atoms with Crippen LogP contribution in [-0.4, -0.2) is 21.0 Å². The molecule has 0 aromatic carbocycles. The number of halogens is 1. The molecular weight excluding hydrogens is 356 g/mol. The number of rotatable bonds is 5. The van der Waals surface area contributed by atoms with Crippen LogP contribution in [0.1, 0.15) is 41.0 Å². The van der Waals surface area contributed by atoms with Gasteiger partial charge in [0, 0.05) is 11.3 Å². The van der Waals surface area contributed by atoms with Crippen LogP contribution in [0.25, 0.3) is 9.88 Å². The standard InChI is InChI=1S/C14H11ClN4O2S2/c15-10-4-3-9(23-10)14-17-8(6-22-14)13(20)16-5-11-18-12(19-21-11)7-1-2-7/h3-4,6-7H,1-2,5H2,(H,16,20). The van der Waals surface area contributed by atoms with E-state index in [1.165, 1.54) is 22.7 Å². The molecule has 1 amide bonds. The second-order valence-corrected chi connectivity index (χ2v) is 7.72. The minimum absolute atomic E-state index is 0.205. The van der Waals surface area contributed by atoms with Gasteiger partial charge < -0.3 is 9.84 Å². The third-order valence-corrected chi connectivity index (χ3v) is 5.59. The molecule has 0 spiro atoms. The molecule has 0 unspecified atom stereocenters. The molecule has 0 atom stereocenters. The van der Waals surface area contributed by atoms with Crippen molar-refractivity contribution in [1.29, 1.82) is 0 Å². The molecule has 118 valence electrons. The molecule has 3 aromatic heterocycles. The molecule has 0 bridgehead atoms. The molecule has 1 aliphatic rings. The molecule has 3 heterocycles. The Hall–Kier alpha value is -1.77. The molecule has 23 heavy (non-hydrogen) atoms. The molecule has 0 saturated heterocycles. The van der Waals surface area contributed by atoms with Crippen molar-refractivity contribution in [2.45, 2.75) is 25.3 Å². The van der Waals surface area contributed by atoms with Gasteiger partial charge in [0.2, 0.25) is 5.89 Å². The number of nitrogens with zero attached hydrogens (tertiary/aromatic N) is 3. The van der Waals surface area contributed by atoms with Crippen LogP contribution >= 0.6 is 34.3 Å². The molecule has 0 aliphatic heterocycles. The highest BCUT2D eigenvalue weighted by Gasteiger charge is 2.28. The van der Waals surface area contributed by atoms with Crippen molar-refractivity contribution in [1.82, 2.24) is 20.4 Å². The fraction of sp³-hybridized carbons (Fsp3) is 0.286. The van der Waals surface area contributed by atoms with Gasteiger partial charge in [0.15, 0.2) is 5.82 Å². The van der Waals surface area contributed by atoms with Crippen LogP contribution in [-0.2, 0) is 6.54 Å². The number of nitrogens with one attached hydrogen (secondary N) is 1. The van der Waals surface area contributed by atoms with Crippen molar-refractivity contribution in [3.63, 3.8) is 0 Å². The highest BCUT2D eigenvalue weighted by molar-refractivity contribution is 7.23. The second kappa shape index (κ2) is 6.03. The molecule has 6 nitrogen and oxygen atoms in total. The minimum Gasteiger partial charge on any atom is -0.342 e. The molecule has 1 saturated carbocycles. The Labute approximate surface area is 144 Å². The maximum absolute atomic E-state index is 12.1. The fourth-order valence-electron chi connectivity index (χ4n) is 2.01. The van der Waals surface area contributed by atoms with E-state index in [2.05, 4.69) is 20.4 Å². The van der Waals surface area contributed by atoms with Crippen LogP contribution in [0.2, 0.25) is 4.34 Å². The third kappa shape index (κ3) is 3.29. The zero-order valence-electron chi connectivity index (χ0n) is 11.8. The van der Waals surface area contributed by atoms with Crippen molar-refractivity contribution < 1.29 is 9.32 Å². The van der Waals surface area contributed by atoms with Gasteiger partial charge in [-0.25, -0.2) is 4.98 Å². The summed E-state index contributed by atoms with van der Waals surface area (Å²) >= 11 is 8.77. The van der Waals surface area contributed by atoms with Gasteiger partial charge in [-0.15, -0.1) is 22.7 Å². The van der Waals surface area contributed by atoms with Gasteiger partial charge in [-0.05, 0) is 25.0 Å². The molecule has 1 N–H and O–H groups in total. The first kappa shape index (κ1) is 14.8. The average Bonchev–Trinajstić information content (AvgIpc) is 2.96. The van der Waals surface area contributed by atoms with Gasteiger partial charge in [0.05, 0.1) is 15.8 Å². The van der Waals surface area contributed by atoms with E-state index in [9.17, 15) is 4.79 Å². The Balaban J connectivity index is 1.39. The summed E-state index contributed by atoms with van der Waals surface area (Å²) in [6.45, 7) is 0.205. The highest BCUT2D eigenvalue weighted by atomic mass is 35.5. The number of hydrogen-bond acceptors (Lipinski definition) is 7. The summed E-state index contributed by atoms with van der Waals surface area (Å²) in [5.74, 6) is 1.32. The van der Waals surface area contributed by atoms with Crippen LogP contribution in [0.3, 0.4) is 0 Å². The van der Waals surface area contributed by atoms with Gasteiger partial charge in [0.1, 0.15) is 10.7 Å². The zero-order valence-corrected chi connectivity index (χ0v) is 14.2. The molecule has 3 aromatic rings. The maximum atomic E-state index is 12.1. The van der Waals surface area contributed by atoms with E-state index in [0.29, 0.717) is 21.8 Å². The number of carbonyl (C=O) groups is 1. The minimum atomic E-state index is -0.263. The lowest BCUT2D eigenvalue weighted by Crippen LogP contribution is -2.23. The largest absolute Gasteiger partial charge is 0.342 e. The first-order valence-corrected chi connectivity index (χ1v) is 9.08. The van der Waals surface area contributed by atoms with E-state index < -0.39 is 0 Å². The Morgan fingerprint density at radius 2 is 2.26 bits per heavy atom. The lowest BCUT2D eigenvalue weighted by atomic mass is 10.4. The summed E-state index contributed by atoms with van der Waals surface area (Å²) < 4.78 is 5.82. The topological polar surface area (TPSA) is 80.9 Å². The van der Waals surface area contributed by atoms with E-state index in [1.807, 2.05) is 12.1 Å². The number of thiazole rings is 1. The summed E-state index contributed by atoms with van der Waals surface area (Å²) in [7, 11) is 0. The van der Waals surface area contributed by atoms with Gasteiger partial charge >= 0.3 is 0 Å². The predicted molar refractivity (Wildman–Crippen MR) is 87.9 cm³/mol. The third-order valence-electron chi connectivity index (χ3n) is 3.35. The number of aromatic nitrogens is 3. The molecule has 4 rings (SSSR count). The first-order chi connectivity index (χ1) is 11.2. The summed E-state index contributed by atoms with van der Waals surface area (Å²) in [6.07, 6.45) is 2.22. The monoisotopic (exact) mass is 366 g/mol. The molecule has 9 heteroatoms. The number of carbonyl (C=O) groups excluding carboxylic acids is 1. The predicted octanol–water partition coefficient (Wildman–Crippen LogP) is 3.72. The normalized spacial score (nSPS) is 14.1. The van der Waals surface area contributed by atoms with E-state index in [4.69, 9.17) is 16.1 Å².